The quantitative estimate of drug-likeness (QED) is 0.800. The number of rotatable bonds is 8. The monoisotopic (exact) mass is 292 g/mol. The van der Waals surface area contributed by atoms with Crippen molar-refractivity contribution in [3.8, 4) is 0 Å². The largest absolute Gasteiger partial charge is 0.369 e. The van der Waals surface area contributed by atoms with Crippen LogP contribution >= 0.6 is 0 Å². The van der Waals surface area contributed by atoms with Crippen molar-refractivity contribution >= 4 is 11.5 Å². The second-order valence-corrected chi connectivity index (χ2v) is 5.59. The predicted molar refractivity (Wildman–Crippen MR) is 85.1 cm³/mol. The van der Waals surface area contributed by atoms with E-state index in [0.717, 1.165) is 24.8 Å². The molecule has 0 spiro atoms. The molecule has 0 saturated heterocycles. The Bertz CT molecular complexity index is 482. The Kier molecular flexibility index (Phi) is 6.56. The van der Waals surface area contributed by atoms with Crippen LogP contribution in [0.15, 0.2) is 30.8 Å². The molecule has 1 amide bonds. The van der Waals surface area contributed by atoms with Crippen LogP contribution in [-0.4, -0.2) is 30.9 Å². The van der Waals surface area contributed by atoms with E-state index in [1.165, 1.54) is 12.1 Å². The van der Waals surface area contributed by atoms with Crippen molar-refractivity contribution in [1.82, 2.24) is 4.90 Å². The van der Waals surface area contributed by atoms with Crippen LogP contribution in [0.4, 0.5) is 4.39 Å². The van der Waals surface area contributed by atoms with Gasteiger partial charge in [0.25, 0.3) is 0 Å². The smallest absolute Gasteiger partial charge is 0.226 e. The molecule has 0 aromatic heterocycles. The molecule has 0 bridgehead atoms. The highest BCUT2D eigenvalue weighted by atomic mass is 19.1. The summed E-state index contributed by atoms with van der Waals surface area (Å²) in [4.78, 5) is 14.0. The summed E-state index contributed by atoms with van der Waals surface area (Å²) in [6, 6.07) is 6.02. The van der Waals surface area contributed by atoms with Crippen molar-refractivity contribution in [2.24, 2.45) is 11.7 Å². The molecule has 0 aliphatic heterocycles. The van der Waals surface area contributed by atoms with Crippen molar-refractivity contribution < 1.29 is 9.18 Å². The normalized spacial score (nSPS) is 14.0. The maximum absolute atomic E-state index is 13.0. The number of halogens is 1. The van der Waals surface area contributed by atoms with Gasteiger partial charge in [-0.2, -0.15) is 0 Å². The van der Waals surface area contributed by atoms with Crippen molar-refractivity contribution in [3.63, 3.8) is 0 Å². The lowest BCUT2D eigenvalue weighted by Crippen LogP contribution is -2.42. The number of carbonyl (C=O) groups is 1. The molecule has 0 aliphatic carbocycles. The van der Waals surface area contributed by atoms with E-state index in [1.54, 1.807) is 12.1 Å². The van der Waals surface area contributed by atoms with Gasteiger partial charge in [0.2, 0.25) is 5.91 Å². The van der Waals surface area contributed by atoms with Crippen molar-refractivity contribution in [2.45, 2.75) is 32.2 Å². The van der Waals surface area contributed by atoms with E-state index in [-0.39, 0.29) is 17.8 Å². The van der Waals surface area contributed by atoms with Gasteiger partial charge in [0.15, 0.2) is 0 Å². The molecule has 0 saturated carbocycles. The lowest BCUT2D eigenvalue weighted by molar-refractivity contribution is -0.121. The van der Waals surface area contributed by atoms with E-state index in [0.29, 0.717) is 5.57 Å². The Morgan fingerprint density at radius 1 is 1.33 bits per heavy atom. The molecule has 2 atom stereocenters. The molecule has 1 aromatic rings. The molecule has 1 aromatic carbocycles. The van der Waals surface area contributed by atoms with E-state index in [9.17, 15) is 9.18 Å². The zero-order valence-electron chi connectivity index (χ0n) is 13.1. The van der Waals surface area contributed by atoms with Crippen LogP contribution in [-0.2, 0) is 4.79 Å². The number of nitrogens with zero attached hydrogens (tertiary/aromatic N) is 1. The van der Waals surface area contributed by atoms with Crippen molar-refractivity contribution in [3.05, 3.63) is 42.2 Å². The van der Waals surface area contributed by atoms with Gasteiger partial charge in [0.1, 0.15) is 5.82 Å². The van der Waals surface area contributed by atoms with Crippen LogP contribution < -0.4 is 5.73 Å². The van der Waals surface area contributed by atoms with Crippen LogP contribution in [0.3, 0.4) is 0 Å². The molecule has 2 N–H and O–H groups in total. The number of unbranched alkanes of at least 4 members (excludes halogenated alkanes) is 1. The first-order chi connectivity index (χ1) is 9.88. The number of hydrogen-bond donors (Lipinski definition) is 1. The summed E-state index contributed by atoms with van der Waals surface area (Å²) in [5.41, 5.74) is 7.02. The molecule has 21 heavy (non-hydrogen) atoms. The zero-order chi connectivity index (χ0) is 16.0. The fourth-order valence-electron chi connectivity index (χ4n) is 2.57. The molecule has 0 radical (unpaired) electrons. The standard InChI is InChI=1S/C17H25FN2O/c1-5-6-7-15(20(3)4)16(17(19)21)12(2)13-8-10-14(18)11-9-13/h8-11,15-16H,2,5-7H2,1,3-4H3,(H2,19,21). The molecule has 3 nitrogen and oxygen atoms in total. The van der Waals surface area contributed by atoms with E-state index in [2.05, 4.69) is 13.5 Å². The molecular formula is C17H25FN2O. The minimum absolute atomic E-state index is 0.00000283. The second kappa shape index (κ2) is 7.93. The number of hydrogen-bond acceptors (Lipinski definition) is 2. The number of benzene rings is 1. The van der Waals surface area contributed by atoms with E-state index < -0.39 is 5.92 Å². The molecule has 0 fully saturated rings. The third-order valence-corrected chi connectivity index (χ3v) is 3.80. The Labute approximate surface area is 126 Å². The average Bonchev–Trinajstić information content (AvgIpc) is 2.42. The lowest BCUT2D eigenvalue weighted by Gasteiger charge is -2.32. The average molecular weight is 292 g/mol. The third-order valence-electron chi connectivity index (χ3n) is 3.80. The third kappa shape index (κ3) is 4.67. The second-order valence-electron chi connectivity index (χ2n) is 5.59. The Hall–Kier alpha value is -1.68. The number of carbonyl (C=O) groups excluding carboxylic acids is 1. The van der Waals surface area contributed by atoms with Gasteiger partial charge in [0.05, 0.1) is 5.92 Å². The van der Waals surface area contributed by atoms with Crippen LogP contribution in [0, 0.1) is 11.7 Å². The highest BCUT2D eigenvalue weighted by Gasteiger charge is 2.30. The Morgan fingerprint density at radius 2 is 1.90 bits per heavy atom. The van der Waals surface area contributed by atoms with Crippen LogP contribution in [0.1, 0.15) is 31.7 Å². The van der Waals surface area contributed by atoms with Crippen LogP contribution in [0.2, 0.25) is 0 Å². The van der Waals surface area contributed by atoms with Crippen molar-refractivity contribution in [2.75, 3.05) is 14.1 Å². The highest BCUT2D eigenvalue weighted by molar-refractivity contribution is 5.91. The first-order valence-corrected chi connectivity index (χ1v) is 7.29. The van der Waals surface area contributed by atoms with Gasteiger partial charge in [-0.15, -0.1) is 0 Å². The van der Waals surface area contributed by atoms with E-state index in [4.69, 9.17) is 5.73 Å². The summed E-state index contributed by atoms with van der Waals surface area (Å²) in [6.45, 7) is 6.15. The van der Waals surface area contributed by atoms with E-state index in [1.807, 2.05) is 19.0 Å². The van der Waals surface area contributed by atoms with Gasteiger partial charge < -0.3 is 10.6 Å². The predicted octanol–water partition coefficient (Wildman–Crippen LogP) is 3.06. The summed E-state index contributed by atoms with van der Waals surface area (Å²) >= 11 is 0. The van der Waals surface area contributed by atoms with Gasteiger partial charge in [-0.3, -0.25) is 4.79 Å². The summed E-state index contributed by atoms with van der Waals surface area (Å²) in [5.74, 6) is -1.17. The van der Waals surface area contributed by atoms with Gasteiger partial charge in [-0.1, -0.05) is 38.5 Å². The molecule has 2 unspecified atom stereocenters. The molecule has 116 valence electrons. The number of primary amides is 1. The molecule has 1 rings (SSSR count). The van der Waals surface area contributed by atoms with Gasteiger partial charge in [-0.25, -0.2) is 4.39 Å². The Morgan fingerprint density at radius 3 is 2.33 bits per heavy atom. The lowest BCUT2D eigenvalue weighted by atomic mass is 9.84. The summed E-state index contributed by atoms with van der Waals surface area (Å²) in [7, 11) is 3.88. The number of nitrogens with two attached hydrogens (primary N) is 1. The highest BCUT2D eigenvalue weighted by Crippen LogP contribution is 2.29. The van der Waals surface area contributed by atoms with Gasteiger partial charge in [0, 0.05) is 6.04 Å². The molecule has 4 heteroatoms. The van der Waals surface area contributed by atoms with Gasteiger partial charge >= 0.3 is 0 Å². The van der Waals surface area contributed by atoms with Crippen LogP contribution in [0.5, 0.6) is 0 Å². The first kappa shape index (κ1) is 17.4. The minimum Gasteiger partial charge on any atom is -0.369 e. The van der Waals surface area contributed by atoms with Crippen molar-refractivity contribution in [1.29, 1.82) is 0 Å². The summed E-state index contributed by atoms with van der Waals surface area (Å²) in [6.07, 6.45) is 2.94. The maximum Gasteiger partial charge on any atom is 0.226 e. The minimum atomic E-state index is -0.475. The fourth-order valence-corrected chi connectivity index (χ4v) is 2.57. The summed E-state index contributed by atoms with van der Waals surface area (Å²) in [5, 5.41) is 0. The van der Waals surface area contributed by atoms with Gasteiger partial charge in [-0.05, 0) is 43.8 Å². The van der Waals surface area contributed by atoms with E-state index >= 15 is 0 Å². The SMILES string of the molecule is C=C(c1ccc(F)cc1)C(C(N)=O)C(CCCC)N(C)C. The topological polar surface area (TPSA) is 46.3 Å². The fraction of sp³-hybridized carbons (Fsp3) is 0.471. The zero-order valence-corrected chi connectivity index (χ0v) is 13.1. The first-order valence-electron chi connectivity index (χ1n) is 7.29. The van der Waals surface area contributed by atoms with Crippen LogP contribution in [0.25, 0.3) is 5.57 Å². The maximum atomic E-state index is 13.0. The Balaban J connectivity index is 3.05. The molecule has 0 heterocycles. The number of amides is 1. The summed E-state index contributed by atoms with van der Waals surface area (Å²) < 4.78 is 13.0. The molecular weight excluding hydrogens is 267 g/mol. The molecule has 0 aliphatic rings.